The number of phenolic OH excluding ortho intramolecular Hbond substituents is 1. The number of aromatic hydroxyl groups is 1. The van der Waals surface area contributed by atoms with Gasteiger partial charge in [0.1, 0.15) is 17.4 Å². The van der Waals surface area contributed by atoms with E-state index in [4.69, 9.17) is 5.26 Å². The van der Waals surface area contributed by atoms with Crippen molar-refractivity contribution in [1.29, 1.82) is 5.26 Å². The molecule has 0 amide bonds. The monoisotopic (exact) mass is 255 g/mol. The fourth-order valence-corrected chi connectivity index (χ4v) is 1.53. The van der Waals surface area contributed by atoms with Crippen LogP contribution >= 0.6 is 15.9 Å². The van der Waals surface area contributed by atoms with Crippen LogP contribution in [0, 0.1) is 11.3 Å². The molecule has 0 fully saturated rings. The smallest absolute Gasteiger partial charge is 0.342 e. The van der Waals surface area contributed by atoms with Crippen LogP contribution in [0.25, 0.3) is 0 Å². The molecule has 1 N–H and O–H groups in total. The van der Waals surface area contributed by atoms with Crippen molar-refractivity contribution in [2.75, 3.05) is 7.11 Å². The van der Waals surface area contributed by atoms with Crippen LogP contribution in [0.3, 0.4) is 0 Å². The molecule has 0 unspecified atom stereocenters. The molecule has 1 aromatic carbocycles. The van der Waals surface area contributed by atoms with Crippen LogP contribution in [0.5, 0.6) is 5.75 Å². The molecule has 1 rings (SSSR count). The van der Waals surface area contributed by atoms with Crippen molar-refractivity contribution in [3.63, 3.8) is 0 Å². The van der Waals surface area contributed by atoms with E-state index in [2.05, 4.69) is 20.7 Å². The fourth-order valence-electron chi connectivity index (χ4n) is 0.948. The molecule has 72 valence electrons. The number of carbonyl (C=O) groups excluding carboxylic acids is 1. The first kappa shape index (κ1) is 10.5. The van der Waals surface area contributed by atoms with Gasteiger partial charge in [-0.15, -0.1) is 0 Å². The van der Waals surface area contributed by atoms with Crippen molar-refractivity contribution >= 4 is 21.9 Å². The maximum atomic E-state index is 11.2. The summed E-state index contributed by atoms with van der Waals surface area (Å²) in [7, 11) is 1.20. The SMILES string of the molecule is COC(=O)c1c(O)ccc(C#N)c1Br. The van der Waals surface area contributed by atoms with E-state index in [1.54, 1.807) is 0 Å². The number of ether oxygens (including phenoxy) is 1. The zero-order valence-corrected chi connectivity index (χ0v) is 8.83. The number of benzene rings is 1. The van der Waals surface area contributed by atoms with E-state index in [-0.39, 0.29) is 21.3 Å². The maximum absolute atomic E-state index is 11.2. The van der Waals surface area contributed by atoms with Gasteiger partial charge in [0.25, 0.3) is 0 Å². The molecule has 0 radical (unpaired) electrons. The molecule has 0 aromatic heterocycles. The molecule has 0 saturated carbocycles. The second-order valence-electron chi connectivity index (χ2n) is 2.42. The number of carbonyl (C=O) groups is 1. The molecule has 0 aliphatic heterocycles. The Balaban J connectivity index is 3.42. The normalized spacial score (nSPS) is 9.21. The molecule has 0 aliphatic rings. The van der Waals surface area contributed by atoms with Crippen LogP contribution in [0.4, 0.5) is 0 Å². The van der Waals surface area contributed by atoms with Gasteiger partial charge >= 0.3 is 5.97 Å². The minimum atomic E-state index is -0.688. The van der Waals surface area contributed by atoms with Crippen LogP contribution in [0.2, 0.25) is 0 Å². The number of nitriles is 1. The number of esters is 1. The van der Waals surface area contributed by atoms with Gasteiger partial charge in [-0.25, -0.2) is 4.79 Å². The molecular formula is C9H6BrNO3. The molecule has 0 atom stereocenters. The summed E-state index contributed by atoms with van der Waals surface area (Å²) in [6.45, 7) is 0. The highest BCUT2D eigenvalue weighted by Gasteiger charge is 2.18. The summed E-state index contributed by atoms with van der Waals surface area (Å²) in [4.78, 5) is 11.2. The molecule has 1 aromatic rings. The summed E-state index contributed by atoms with van der Waals surface area (Å²) in [5.74, 6) is -0.908. The predicted molar refractivity (Wildman–Crippen MR) is 51.9 cm³/mol. The lowest BCUT2D eigenvalue weighted by Gasteiger charge is -2.05. The quantitative estimate of drug-likeness (QED) is 0.778. The van der Waals surface area contributed by atoms with E-state index in [1.807, 2.05) is 6.07 Å². The van der Waals surface area contributed by atoms with Crippen LogP contribution in [0.1, 0.15) is 15.9 Å². The Morgan fingerprint density at radius 1 is 1.64 bits per heavy atom. The predicted octanol–water partition coefficient (Wildman–Crippen LogP) is 1.81. The van der Waals surface area contributed by atoms with Gasteiger partial charge in [-0.05, 0) is 28.1 Å². The molecule has 4 nitrogen and oxygen atoms in total. The van der Waals surface area contributed by atoms with Gasteiger partial charge in [-0.3, -0.25) is 0 Å². The van der Waals surface area contributed by atoms with E-state index >= 15 is 0 Å². The molecule has 5 heteroatoms. The van der Waals surface area contributed by atoms with Crippen molar-refractivity contribution in [1.82, 2.24) is 0 Å². The summed E-state index contributed by atoms with van der Waals surface area (Å²) < 4.78 is 4.70. The average Bonchev–Trinajstić information content (AvgIpc) is 2.18. The van der Waals surface area contributed by atoms with E-state index < -0.39 is 5.97 Å². The molecule has 0 heterocycles. The third kappa shape index (κ3) is 1.70. The number of hydrogen-bond donors (Lipinski definition) is 1. The Morgan fingerprint density at radius 3 is 2.79 bits per heavy atom. The van der Waals surface area contributed by atoms with Crippen LogP contribution in [-0.4, -0.2) is 18.2 Å². The second kappa shape index (κ2) is 4.11. The van der Waals surface area contributed by atoms with Gasteiger partial charge in [0, 0.05) is 0 Å². The first-order valence-electron chi connectivity index (χ1n) is 3.61. The maximum Gasteiger partial charge on any atom is 0.342 e. The Morgan fingerprint density at radius 2 is 2.29 bits per heavy atom. The molecule has 0 saturated heterocycles. The molecular weight excluding hydrogens is 250 g/mol. The van der Waals surface area contributed by atoms with Crippen molar-refractivity contribution in [2.24, 2.45) is 0 Å². The second-order valence-corrected chi connectivity index (χ2v) is 3.22. The van der Waals surface area contributed by atoms with E-state index in [0.29, 0.717) is 0 Å². The number of rotatable bonds is 1. The highest BCUT2D eigenvalue weighted by atomic mass is 79.9. The summed E-state index contributed by atoms with van der Waals surface area (Å²) in [5.41, 5.74) is 0.231. The lowest BCUT2D eigenvalue weighted by atomic mass is 10.1. The number of hydrogen-bond acceptors (Lipinski definition) is 4. The lowest BCUT2D eigenvalue weighted by molar-refractivity contribution is 0.0596. The standard InChI is InChI=1S/C9H6BrNO3/c1-14-9(13)7-6(12)3-2-5(4-11)8(7)10/h2-3,12H,1H3. The largest absolute Gasteiger partial charge is 0.507 e. The van der Waals surface area contributed by atoms with Gasteiger partial charge in [0.05, 0.1) is 17.1 Å². The van der Waals surface area contributed by atoms with E-state index in [9.17, 15) is 9.90 Å². The van der Waals surface area contributed by atoms with Crippen LogP contribution in [0.15, 0.2) is 16.6 Å². The van der Waals surface area contributed by atoms with Crippen LogP contribution in [-0.2, 0) is 4.74 Å². The summed E-state index contributed by atoms with van der Waals surface area (Å²) in [6, 6.07) is 4.56. The first-order chi connectivity index (χ1) is 6.61. The molecule has 0 bridgehead atoms. The highest BCUT2D eigenvalue weighted by molar-refractivity contribution is 9.10. The summed E-state index contributed by atoms with van der Waals surface area (Å²) in [5, 5.41) is 18.0. The highest BCUT2D eigenvalue weighted by Crippen LogP contribution is 2.29. The first-order valence-corrected chi connectivity index (χ1v) is 4.41. The topological polar surface area (TPSA) is 70.3 Å². The minimum Gasteiger partial charge on any atom is -0.507 e. The van der Waals surface area contributed by atoms with Crippen molar-refractivity contribution in [2.45, 2.75) is 0 Å². The Hall–Kier alpha value is -1.54. The molecule has 0 aliphatic carbocycles. The zero-order chi connectivity index (χ0) is 10.7. The third-order valence-corrected chi connectivity index (χ3v) is 2.45. The molecule has 14 heavy (non-hydrogen) atoms. The summed E-state index contributed by atoms with van der Waals surface area (Å²) in [6.07, 6.45) is 0. The third-order valence-electron chi connectivity index (χ3n) is 1.63. The van der Waals surface area contributed by atoms with Crippen molar-refractivity contribution < 1.29 is 14.6 Å². The van der Waals surface area contributed by atoms with Crippen molar-refractivity contribution in [3.8, 4) is 11.8 Å². The van der Waals surface area contributed by atoms with Gasteiger partial charge in [0.2, 0.25) is 0 Å². The van der Waals surface area contributed by atoms with E-state index in [1.165, 1.54) is 19.2 Å². The van der Waals surface area contributed by atoms with Crippen LogP contribution < -0.4 is 0 Å². The minimum absolute atomic E-state index is 0.0356. The fraction of sp³-hybridized carbons (Fsp3) is 0.111. The summed E-state index contributed by atoms with van der Waals surface area (Å²) >= 11 is 3.05. The Kier molecular flexibility index (Phi) is 3.10. The van der Waals surface area contributed by atoms with Crippen molar-refractivity contribution in [3.05, 3.63) is 27.7 Å². The van der Waals surface area contributed by atoms with Gasteiger partial charge in [0.15, 0.2) is 0 Å². The van der Waals surface area contributed by atoms with Gasteiger partial charge in [-0.1, -0.05) is 0 Å². The molecule has 0 spiro atoms. The number of phenols is 1. The van der Waals surface area contributed by atoms with E-state index in [0.717, 1.165) is 0 Å². The number of methoxy groups -OCH3 is 1. The Bertz CT molecular complexity index is 423. The zero-order valence-electron chi connectivity index (χ0n) is 7.24. The number of nitrogens with zero attached hydrogens (tertiary/aromatic N) is 1. The average molecular weight is 256 g/mol. The lowest BCUT2D eigenvalue weighted by Crippen LogP contribution is -2.03. The number of halogens is 1. The van der Waals surface area contributed by atoms with Gasteiger partial charge in [-0.2, -0.15) is 5.26 Å². The Labute approximate surface area is 88.9 Å². The van der Waals surface area contributed by atoms with Gasteiger partial charge < -0.3 is 9.84 Å².